The number of benzene rings is 2. The number of ether oxygens (including phenoxy) is 4. The summed E-state index contributed by atoms with van der Waals surface area (Å²) in [5.41, 5.74) is 8.69. The highest BCUT2D eigenvalue weighted by Crippen LogP contribution is 2.56. The molecule has 3 aromatic rings. The fourth-order valence-corrected chi connectivity index (χ4v) is 8.11. The Bertz CT molecular complexity index is 1910. The smallest absolute Gasteiger partial charge is 0.338 e. The van der Waals surface area contributed by atoms with E-state index in [-0.39, 0.29) is 11.7 Å². The summed E-state index contributed by atoms with van der Waals surface area (Å²) in [5.74, 6) is 0.622. The van der Waals surface area contributed by atoms with Crippen molar-refractivity contribution in [2.75, 3.05) is 27.4 Å². The number of unbranched alkanes of at least 4 members (excludes halogenated alkanes) is 1. The van der Waals surface area contributed by atoms with E-state index >= 15 is 0 Å². The minimum Gasteiger partial charge on any atom is -0.494 e. The Kier molecular flexibility index (Phi) is 22.4. The highest BCUT2D eigenvalue weighted by molar-refractivity contribution is 6.07. The first-order valence-corrected chi connectivity index (χ1v) is 23.5. The number of allylic oxidation sites excluding steroid dienone is 4. The second kappa shape index (κ2) is 26.8. The van der Waals surface area contributed by atoms with Crippen molar-refractivity contribution in [2.24, 2.45) is 11.3 Å². The molecule has 0 radical (unpaired) electrons. The van der Waals surface area contributed by atoms with Gasteiger partial charge in [0.1, 0.15) is 11.5 Å². The molecule has 8 nitrogen and oxygen atoms in total. The largest absolute Gasteiger partial charge is 0.494 e. The minimum atomic E-state index is -0.503. The van der Waals surface area contributed by atoms with Gasteiger partial charge >= 0.3 is 5.97 Å². The van der Waals surface area contributed by atoms with Crippen LogP contribution in [0.4, 0.5) is 0 Å². The summed E-state index contributed by atoms with van der Waals surface area (Å²) in [6, 6.07) is 14.5. The van der Waals surface area contributed by atoms with Crippen LogP contribution in [0.3, 0.4) is 0 Å². The maximum Gasteiger partial charge on any atom is 0.338 e. The lowest BCUT2D eigenvalue weighted by Crippen LogP contribution is -2.56. The quantitative estimate of drug-likeness (QED) is 0.0419. The van der Waals surface area contributed by atoms with Gasteiger partial charge in [-0.25, -0.2) is 4.79 Å². The van der Waals surface area contributed by atoms with Crippen LogP contribution in [0, 0.1) is 18.3 Å². The molecule has 0 amide bonds. The first-order valence-electron chi connectivity index (χ1n) is 23.5. The van der Waals surface area contributed by atoms with Gasteiger partial charge in [0.05, 0.1) is 31.5 Å². The van der Waals surface area contributed by atoms with Gasteiger partial charge in [0.25, 0.3) is 0 Å². The molecule has 3 fully saturated rings. The molecular weight excluding hydrogens is 773 g/mol. The number of Topliss-reactive ketones (excluding diaryl/α,β-unsaturated/α-hetero) is 1. The molecule has 340 valence electrons. The number of aryl methyl sites for hydroxylation is 2. The van der Waals surface area contributed by atoms with Gasteiger partial charge in [-0.1, -0.05) is 85.4 Å². The summed E-state index contributed by atoms with van der Waals surface area (Å²) in [7, 11) is 3.37. The van der Waals surface area contributed by atoms with Gasteiger partial charge in [-0.15, -0.1) is 0 Å². The van der Waals surface area contributed by atoms with Gasteiger partial charge in [0.15, 0.2) is 5.78 Å². The van der Waals surface area contributed by atoms with Crippen molar-refractivity contribution < 1.29 is 28.5 Å². The molecule has 1 N–H and O–H groups in total. The molecule has 2 aromatic carbocycles. The molecule has 8 heteroatoms. The lowest BCUT2D eigenvalue weighted by molar-refractivity contribution is -0.127. The topological polar surface area (TPSA) is 96.0 Å². The van der Waals surface area contributed by atoms with Crippen LogP contribution in [-0.4, -0.2) is 62.4 Å². The van der Waals surface area contributed by atoms with Crippen LogP contribution in [0.5, 0.6) is 5.75 Å². The number of aromatic nitrogens is 1. The van der Waals surface area contributed by atoms with E-state index in [9.17, 15) is 9.59 Å². The summed E-state index contributed by atoms with van der Waals surface area (Å²) < 4.78 is 22.5. The number of ketones is 1. The molecule has 0 bridgehead atoms. The van der Waals surface area contributed by atoms with Crippen LogP contribution in [0.2, 0.25) is 0 Å². The van der Waals surface area contributed by atoms with Gasteiger partial charge in [-0.05, 0) is 155 Å². The number of nitrogens with zero attached hydrogens (tertiary/aromatic N) is 1. The maximum absolute atomic E-state index is 12.7. The lowest BCUT2D eigenvalue weighted by Gasteiger charge is -2.57. The zero-order valence-electron chi connectivity index (χ0n) is 40.0. The fourth-order valence-electron chi connectivity index (χ4n) is 8.11. The van der Waals surface area contributed by atoms with Crippen molar-refractivity contribution in [1.82, 2.24) is 10.3 Å². The standard InChI is InChI=1S/C25H37NO5.C25H29NO.2C2H6/c1-5-17(2)23(27)22-12-19(8-9-21(22)24(28)29-4)30-10-6-7-11-31-20-15-25(16-20)13-18(14-25)26-3;1-5-20(11-10-19(4)27-23-8-7-9-23)22-12-13-24(21(6-2)16-22)25-17-26-15-14-18(25)3;2*1-2/h8-9,12,17-18,20,26H,5-7,10-11,13-16H2,1-4H3;5,10-17,23H,4,6-9H2,1-3H3;2*1-2H3/b;11-10-,20-5+;;. The van der Waals surface area contributed by atoms with E-state index in [4.69, 9.17) is 18.9 Å². The molecule has 0 saturated heterocycles. The average molecular weight is 851 g/mol. The van der Waals surface area contributed by atoms with Crippen molar-refractivity contribution in [2.45, 2.75) is 151 Å². The van der Waals surface area contributed by atoms with Crippen LogP contribution in [0.15, 0.2) is 85.4 Å². The number of pyridine rings is 1. The van der Waals surface area contributed by atoms with Crippen molar-refractivity contribution >= 4 is 17.3 Å². The predicted molar refractivity (Wildman–Crippen MR) is 257 cm³/mol. The van der Waals surface area contributed by atoms with Gasteiger partial charge in [0.2, 0.25) is 0 Å². The molecule has 3 aliphatic carbocycles. The third kappa shape index (κ3) is 14.5. The maximum atomic E-state index is 12.7. The monoisotopic (exact) mass is 851 g/mol. The number of rotatable bonds is 19. The normalized spacial score (nSPS) is 19.4. The second-order valence-electron chi connectivity index (χ2n) is 16.4. The number of carbonyl (C=O) groups excluding carboxylic acids is 2. The fraction of sp³-hybridized carbons (Fsp3) is 0.537. The Morgan fingerprint density at radius 2 is 1.63 bits per heavy atom. The number of hydrogen-bond donors (Lipinski definition) is 1. The molecule has 1 unspecified atom stereocenters. The highest BCUT2D eigenvalue weighted by Gasteiger charge is 2.52. The molecular formula is C54H78N2O6. The number of hydrogen-bond acceptors (Lipinski definition) is 8. The Balaban J connectivity index is 0.000000308. The molecule has 3 saturated carbocycles. The summed E-state index contributed by atoms with van der Waals surface area (Å²) in [6.45, 7) is 23.6. The number of carbonyl (C=O) groups is 2. The van der Waals surface area contributed by atoms with Crippen molar-refractivity contribution in [3.8, 4) is 16.9 Å². The molecule has 1 heterocycles. The summed E-state index contributed by atoms with van der Waals surface area (Å²) in [6.07, 6.45) is 22.9. The lowest BCUT2D eigenvalue weighted by atomic mass is 9.53. The average Bonchev–Trinajstić information content (AvgIpc) is 3.27. The Labute approximate surface area is 375 Å². The highest BCUT2D eigenvalue weighted by atomic mass is 16.5. The Morgan fingerprint density at radius 1 is 0.919 bits per heavy atom. The van der Waals surface area contributed by atoms with E-state index < -0.39 is 5.97 Å². The molecule has 6 rings (SSSR count). The van der Waals surface area contributed by atoms with Crippen molar-refractivity contribution in [3.63, 3.8) is 0 Å². The molecule has 1 atom stereocenters. The van der Waals surface area contributed by atoms with E-state index in [2.05, 4.69) is 74.1 Å². The van der Waals surface area contributed by atoms with Crippen molar-refractivity contribution in [3.05, 3.63) is 113 Å². The number of nitrogens with one attached hydrogen (secondary N) is 1. The van der Waals surface area contributed by atoms with Crippen LogP contribution in [0.1, 0.15) is 157 Å². The number of esters is 1. The van der Waals surface area contributed by atoms with Crippen LogP contribution < -0.4 is 10.1 Å². The summed E-state index contributed by atoms with van der Waals surface area (Å²) in [5, 5.41) is 3.35. The molecule has 0 aliphatic heterocycles. The molecule has 3 aliphatic rings. The summed E-state index contributed by atoms with van der Waals surface area (Å²) >= 11 is 0. The molecule has 1 aromatic heterocycles. The van der Waals surface area contributed by atoms with E-state index in [1.165, 1.54) is 72.6 Å². The van der Waals surface area contributed by atoms with Gasteiger partial charge in [-0.2, -0.15) is 0 Å². The SMILES string of the molecule is C=C(/C=C\C(=C/C)c1ccc(-c2cnccc2C)c(CC)c1)OC1CCC1.CC.CC.CCC(C)C(=O)c1cc(OCCCCOC2CC3(CC(NC)C3)C2)ccc1C(=O)OC. The first kappa shape index (κ1) is 51.8. The van der Waals surface area contributed by atoms with Crippen LogP contribution >= 0.6 is 0 Å². The van der Waals surface area contributed by atoms with Crippen LogP contribution in [-0.2, 0) is 20.6 Å². The van der Waals surface area contributed by atoms with Gasteiger partial charge in [-0.3, -0.25) is 9.78 Å². The van der Waals surface area contributed by atoms with E-state index in [0.717, 1.165) is 44.5 Å². The number of methoxy groups -OCH3 is 1. The molecule has 62 heavy (non-hydrogen) atoms. The first-order chi connectivity index (χ1) is 30.0. The predicted octanol–water partition coefficient (Wildman–Crippen LogP) is 13.1. The Hall–Kier alpha value is -4.53. The zero-order chi connectivity index (χ0) is 45.7. The second-order valence-corrected chi connectivity index (χ2v) is 16.4. The third-order valence-electron chi connectivity index (χ3n) is 12.2. The third-order valence-corrected chi connectivity index (χ3v) is 12.2. The van der Waals surface area contributed by atoms with Crippen LogP contribution in [0.25, 0.3) is 16.7 Å². The zero-order valence-corrected chi connectivity index (χ0v) is 40.0. The molecule has 1 spiro atoms. The van der Waals surface area contributed by atoms with E-state index in [0.29, 0.717) is 53.6 Å². The van der Waals surface area contributed by atoms with E-state index in [1.807, 2.05) is 67.1 Å². The van der Waals surface area contributed by atoms with E-state index in [1.54, 1.807) is 18.2 Å². The Morgan fingerprint density at radius 3 is 2.23 bits per heavy atom. The van der Waals surface area contributed by atoms with Gasteiger partial charge < -0.3 is 24.3 Å². The van der Waals surface area contributed by atoms with Gasteiger partial charge in [0, 0.05) is 42.1 Å². The minimum absolute atomic E-state index is 0.0625. The van der Waals surface area contributed by atoms with Crippen molar-refractivity contribution in [1.29, 1.82) is 0 Å². The summed E-state index contributed by atoms with van der Waals surface area (Å²) in [4.78, 5) is 29.1.